The molecule has 0 fully saturated rings. The van der Waals surface area contributed by atoms with Crippen LogP contribution in [0, 0.1) is 13.8 Å². The van der Waals surface area contributed by atoms with Crippen LogP contribution < -0.4 is 15.4 Å². The van der Waals surface area contributed by atoms with E-state index in [1.165, 1.54) is 6.33 Å². The predicted molar refractivity (Wildman–Crippen MR) is 140 cm³/mol. The molecule has 1 aliphatic heterocycles. The van der Waals surface area contributed by atoms with Crippen molar-refractivity contribution in [2.45, 2.75) is 39.4 Å². The molecule has 2 atom stereocenters. The molecule has 3 heterocycles. The fourth-order valence-corrected chi connectivity index (χ4v) is 3.77. The van der Waals surface area contributed by atoms with Gasteiger partial charge in [0.2, 0.25) is 0 Å². The number of nitrogens with one attached hydrogen (secondary N) is 2. The highest BCUT2D eigenvalue weighted by Crippen LogP contribution is 2.31. The number of nitrogens with zero attached hydrogens (tertiary/aromatic N) is 4. The van der Waals surface area contributed by atoms with Crippen molar-refractivity contribution in [3.8, 4) is 11.5 Å². The molecule has 0 bridgehead atoms. The van der Waals surface area contributed by atoms with Crippen molar-refractivity contribution >= 4 is 34.1 Å². The van der Waals surface area contributed by atoms with Crippen molar-refractivity contribution in [2.24, 2.45) is 4.99 Å². The molecule has 2 aromatic heterocycles. The van der Waals surface area contributed by atoms with Gasteiger partial charge in [-0.3, -0.25) is 4.98 Å². The smallest absolute Gasteiger partial charge is 0.290 e. The highest BCUT2D eigenvalue weighted by Gasteiger charge is 2.38. The first-order chi connectivity index (χ1) is 17.3. The lowest BCUT2D eigenvalue weighted by atomic mass is 10.0. The molecule has 9 nitrogen and oxygen atoms in total. The summed E-state index contributed by atoms with van der Waals surface area (Å²) in [6.45, 7) is 7.85. The summed E-state index contributed by atoms with van der Waals surface area (Å²) < 4.78 is 11.8. The molecule has 0 spiro atoms. The van der Waals surface area contributed by atoms with Crippen LogP contribution >= 0.6 is 0 Å². The summed E-state index contributed by atoms with van der Waals surface area (Å²) in [6, 6.07) is 15.8. The standard InChI is InChI=1S/C27H28N6O3/c1-16-11-19(7-10-24(16)35-21-8-5-17(2)28-13-21)32-25-22-12-20(6-9-23(22)30-15-31-25)33-26-29-14-27(4,36-26)18(3)34/h5-13,15,18,34H,14H2,1-4H3,(H,29,33)(H,30,31,32)/t18-,27?/m1/s1. The number of ether oxygens (including phenoxy) is 2. The molecular weight excluding hydrogens is 456 g/mol. The lowest BCUT2D eigenvalue weighted by Gasteiger charge is -2.26. The van der Waals surface area contributed by atoms with Crippen LogP contribution in [0.3, 0.4) is 0 Å². The van der Waals surface area contributed by atoms with E-state index >= 15 is 0 Å². The number of hydrogen-bond donors (Lipinski definition) is 3. The zero-order chi connectivity index (χ0) is 25.3. The second-order valence-corrected chi connectivity index (χ2v) is 9.13. The average molecular weight is 485 g/mol. The van der Waals surface area contributed by atoms with Crippen LogP contribution in [0.25, 0.3) is 10.9 Å². The Balaban J connectivity index is 1.35. The van der Waals surface area contributed by atoms with E-state index in [1.54, 1.807) is 13.1 Å². The van der Waals surface area contributed by atoms with Crippen molar-refractivity contribution in [3.05, 3.63) is 72.3 Å². The second-order valence-electron chi connectivity index (χ2n) is 9.13. The van der Waals surface area contributed by atoms with E-state index in [-0.39, 0.29) is 0 Å². The summed E-state index contributed by atoms with van der Waals surface area (Å²) in [5.41, 5.74) is 3.62. The fraction of sp³-hybridized carbons (Fsp3) is 0.259. The van der Waals surface area contributed by atoms with Gasteiger partial charge in [-0.25, -0.2) is 15.0 Å². The Bertz CT molecular complexity index is 1440. The van der Waals surface area contributed by atoms with E-state index in [9.17, 15) is 5.11 Å². The number of amidine groups is 1. The van der Waals surface area contributed by atoms with Gasteiger partial charge in [-0.2, -0.15) is 0 Å². The number of aliphatic hydroxyl groups excluding tert-OH is 1. The van der Waals surface area contributed by atoms with Crippen molar-refractivity contribution < 1.29 is 14.6 Å². The molecule has 4 aromatic rings. The summed E-state index contributed by atoms with van der Waals surface area (Å²) >= 11 is 0. The van der Waals surface area contributed by atoms with Crippen molar-refractivity contribution in [2.75, 3.05) is 17.2 Å². The minimum Gasteiger partial charge on any atom is -0.455 e. The molecule has 3 N–H and O–H groups in total. The van der Waals surface area contributed by atoms with E-state index in [2.05, 4.69) is 30.6 Å². The predicted octanol–water partition coefficient (Wildman–Crippen LogP) is 5.12. The number of aromatic nitrogens is 3. The normalized spacial score (nSPS) is 17.9. The SMILES string of the molecule is Cc1ccc(Oc2ccc(Nc3ncnc4ccc(NC5=NCC(C)([C@@H](C)O)O5)cc34)cc2C)cn1. The minimum absolute atomic E-state index is 0.374. The number of rotatable bonds is 6. The molecule has 0 aliphatic carbocycles. The van der Waals surface area contributed by atoms with Crippen LogP contribution in [-0.4, -0.2) is 44.3 Å². The number of fused-ring (bicyclic) bond motifs is 1. The highest BCUT2D eigenvalue weighted by molar-refractivity contribution is 5.97. The Kier molecular flexibility index (Phi) is 6.15. The summed E-state index contributed by atoms with van der Waals surface area (Å²) in [6.07, 6.45) is 2.60. The van der Waals surface area contributed by atoms with Crippen LogP contribution in [-0.2, 0) is 4.74 Å². The first-order valence-corrected chi connectivity index (χ1v) is 11.7. The summed E-state index contributed by atoms with van der Waals surface area (Å²) in [5, 5.41) is 17.4. The zero-order valence-electron chi connectivity index (χ0n) is 20.6. The molecule has 0 saturated heterocycles. The third-order valence-corrected chi connectivity index (χ3v) is 6.19. The molecule has 1 unspecified atom stereocenters. The molecule has 9 heteroatoms. The van der Waals surface area contributed by atoms with Gasteiger partial charge in [-0.1, -0.05) is 0 Å². The number of hydrogen-bond acceptors (Lipinski definition) is 9. The number of aryl methyl sites for hydroxylation is 2. The van der Waals surface area contributed by atoms with E-state index < -0.39 is 11.7 Å². The van der Waals surface area contributed by atoms with Crippen LogP contribution in [0.2, 0.25) is 0 Å². The third kappa shape index (κ3) is 4.92. The van der Waals surface area contributed by atoms with Gasteiger partial charge < -0.3 is 25.2 Å². The molecule has 0 amide bonds. The summed E-state index contributed by atoms with van der Waals surface area (Å²) in [7, 11) is 0. The van der Waals surface area contributed by atoms with Gasteiger partial charge in [-0.15, -0.1) is 0 Å². The third-order valence-electron chi connectivity index (χ3n) is 6.19. The van der Waals surface area contributed by atoms with Gasteiger partial charge >= 0.3 is 0 Å². The number of anilines is 3. The molecule has 0 radical (unpaired) electrons. The van der Waals surface area contributed by atoms with E-state index in [0.717, 1.165) is 39.3 Å². The van der Waals surface area contributed by atoms with Crippen LogP contribution in [0.1, 0.15) is 25.1 Å². The van der Waals surface area contributed by atoms with E-state index in [4.69, 9.17) is 9.47 Å². The first-order valence-electron chi connectivity index (χ1n) is 11.7. The summed E-state index contributed by atoms with van der Waals surface area (Å²) in [5.74, 6) is 2.12. The first kappa shape index (κ1) is 23.5. The highest BCUT2D eigenvalue weighted by atomic mass is 16.5. The zero-order valence-corrected chi connectivity index (χ0v) is 20.6. The van der Waals surface area contributed by atoms with Gasteiger partial charge in [0.05, 0.1) is 24.4 Å². The van der Waals surface area contributed by atoms with Gasteiger partial charge in [-0.05, 0) is 81.8 Å². The van der Waals surface area contributed by atoms with Gasteiger partial charge in [0, 0.05) is 22.5 Å². The molecule has 36 heavy (non-hydrogen) atoms. The Morgan fingerprint density at radius 2 is 1.81 bits per heavy atom. The lowest BCUT2D eigenvalue weighted by molar-refractivity contribution is -0.0197. The topological polar surface area (TPSA) is 114 Å². The fourth-order valence-electron chi connectivity index (χ4n) is 3.77. The Morgan fingerprint density at radius 3 is 2.53 bits per heavy atom. The number of aliphatic hydroxyl groups is 1. The average Bonchev–Trinajstić information content (AvgIpc) is 3.24. The largest absolute Gasteiger partial charge is 0.455 e. The van der Waals surface area contributed by atoms with Crippen LogP contribution in [0.5, 0.6) is 11.5 Å². The number of pyridine rings is 1. The lowest BCUT2D eigenvalue weighted by Crippen LogP contribution is -2.41. The van der Waals surface area contributed by atoms with Gasteiger partial charge in [0.15, 0.2) is 5.60 Å². The maximum Gasteiger partial charge on any atom is 0.290 e. The van der Waals surface area contributed by atoms with Crippen molar-refractivity contribution in [3.63, 3.8) is 0 Å². The Labute approximate surface area is 209 Å². The monoisotopic (exact) mass is 484 g/mol. The molecular formula is C27H28N6O3. The Hall–Kier alpha value is -4.24. The number of benzene rings is 2. The molecule has 1 aliphatic rings. The maximum atomic E-state index is 9.97. The van der Waals surface area contributed by atoms with Crippen molar-refractivity contribution in [1.29, 1.82) is 0 Å². The van der Waals surface area contributed by atoms with Gasteiger partial charge in [0.1, 0.15) is 23.6 Å². The molecule has 5 rings (SSSR count). The van der Waals surface area contributed by atoms with Crippen molar-refractivity contribution in [1.82, 2.24) is 15.0 Å². The minimum atomic E-state index is -0.737. The van der Waals surface area contributed by atoms with E-state index in [0.29, 0.717) is 24.1 Å². The molecule has 184 valence electrons. The molecule has 0 saturated carbocycles. The van der Waals surface area contributed by atoms with Crippen LogP contribution in [0.15, 0.2) is 66.0 Å². The maximum absolute atomic E-state index is 9.97. The quantitative estimate of drug-likeness (QED) is 0.346. The van der Waals surface area contributed by atoms with E-state index in [1.807, 2.05) is 69.3 Å². The second kappa shape index (κ2) is 9.43. The Morgan fingerprint density at radius 1 is 1.00 bits per heavy atom. The molecule has 2 aromatic carbocycles. The van der Waals surface area contributed by atoms with Gasteiger partial charge in [0.25, 0.3) is 6.02 Å². The summed E-state index contributed by atoms with van der Waals surface area (Å²) in [4.78, 5) is 17.5. The number of aliphatic imine (C=N–C) groups is 1. The van der Waals surface area contributed by atoms with Crippen LogP contribution in [0.4, 0.5) is 17.2 Å².